The molecule has 3 rings (SSSR count). The number of nitrogens with zero attached hydrogens (tertiary/aromatic N) is 3. The molecule has 0 unspecified atom stereocenters. The van der Waals surface area contributed by atoms with Gasteiger partial charge in [-0.25, -0.2) is 0 Å². The minimum absolute atomic E-state index is 0.0990. The average molecular weight is 358 g/mol. The first-order valence-electron chi connectivity index (χ1n) is 7.99. The van der Waals surface area contributed by atoms with Gasteiger partial charge in [-0.3, -0.25) is 0 Å². The van der Waals surface area contributed by atoms with Crippen LogP contribution in [0.4, 0.5) is 5.69 Å². The van der Waals surface area contributed by atoms with Crippen molar-refractivity contribution in [3.8, 4) is 12.1 Å². The van der Waals surface area contributed by atoms with Crippen molar-refractivity contribution in [3.05, 3.63) is 51.2 Å². The number of allylic oxidation sites excluding steroid dienone is 4. The molecule has 0 saturated heterocycles. The third-order valence-corrected chi connectivity index (χ3v) is 5.59. The monoisotopic (exact) mass is 357 g/mol. The van der Waals surface area contributed by atoms with Gasteiger partial charge in [0.25, 0.3) is 0 Å². The first-order valence-corrected chi connectivity index (χ1v) is 8.75. The number of hydrogen-bond acceptors (Lipinski definition) is 3. The maximum Gasteiger partial charge on any atom is 0.129 e. The minimum Gasteiger partial charge on any atom is -0.346 e. The minimum atomic E-state index is -0.136. The van der Waals surface area contributed by atoms with Gasteiger partial charge in [-0.1, -0.05) is 42.5 Å². The quantitative estimate of drug-likeness (QED) is 0.623. The molecular formula is C19H17Cl2N3. The SMILES string of the molecule is CN1/C(=C/C=C(C#N)C#N)C2(CCCCC2)c2cc(Cl)cc(Cl)c21. The lowest BCUT2D eigenvalue weighted by Gasteiger charge is -2.36. The van der Waals surface area contributed by atoms with Crippen LogP contribution in [0.3, 0.4) is 0 Å². The van der Waals surface area contributed by atoms with Gasteiger partial charge in [-0.2, -0.15) is 10.5 Å². The van der Waals surface area contributed by atoms with Crippen LogP contribution in [0.15, 0.2) is 35.6 Å². The Kier molecular flexibility index (Phi) is 4.59. The van der Waals surface area contributed by atoms with Gasteiger partial charge in [0.15, 0.2) is 0 Å². The largest absolute Gasteiger partial charge is 0.346 e. The van der Waals surface area contributed by atoms with E-state index in [0.29, 0.717) is 10.0 Å². The predicted molar refractivity (Wildman–Crippen MR) is 97.0 cm³/mol. The number of likely N-dealkylation sites (N-methyl/N-ethyl adjacent to an activating group) is 1. The summed E-state index contributed by atoms with van der Waals surface area (Å²) in [5.74, 6) is 0. The Morgan fingerprint density at radius 1 is 1.17 bits per heavy atom. The molecule has 5 heteroatoms. The highest BCUT2D eigenvalue weighted by molar-refractivity contribution is 6.37. The molecule has 1 aliphatic carbocycles. The second kappa shape index (κ2) is 6.52. The van der Waals surface area contributed by atoms with Crippen molar-refractivity contribution in [3.63, 3.8) is 0 Å². The Bertz CT molecular complexity index is 802. The number of rotatable bonds is 1. The van der Waals surface area contributed by atoms with Gasteiger partial charge in [0.2, 0.25) is 0 Å². The van der Waals surface area contributed by atoms with E-state index in [0.717, 1.165) is 42.6 Å². The molecule has 1 heterocycles. The lowest BCUT2D eigenvalue weighted by Crippen LogP contribution is -2.31. The Morgan fingerprint density at radius 2 is 1.83 bits per heavy atom. The van der Waals surface area contributed by atoms with Crippen LogP contribution < -0.4 is 4.90 Å². The van der Waals surface area contributed by atoms with E-state index in [2.05, 4.69) is 4.90 Å². The van der Waals surface area contributed by atoms with Crippen LogP contribution in [0.2, 0.25) is 10.0 Å². The lowest BCUT2D eigenvalue weighted by atomic mass is 9.68. The molecule has 0 amide bonds. The van der Waals surface area contributed by atoms with Crippen LogP contribution in [0, 0.1) is 22.7 Å². The molecule has 2 aliphatic rings. The van der Waals surface area contributed by atoms with E-state index < -0.39 is 0 Å². The van der Waals surface area contributed by atoms with Crippen molar-refractivity contribution in [1.29, 1.82) is 10.5 Å². The topological polar surface area (TPSA) is 50.8 Å². The maximum absolute atomic E-state index is 9.00. The first kappa shape index (κ1) is 16.9. The summed E-state index contributed by atoms with van der Waals surface area (Å²) in [7, 11) is 1.99. The Balaban J connectivity index is 2.22. The molecule has 1 spiro atoms. The third-order valence-electron chi connectivity index (χ3n) is 5.09. The zero-order chi connectivity index (χ0) is 17.3. The molecular weight excluding hydrogens is 341 g/mol. The highest BCUT2D eigenvalue weighted by Gasteiger charge is 2.47. The summed E-state index contributed by atoms with van der Waals surface area (Å²) in [6.07, 6.45) is 9.05. The lowest BCUT2D eigenvalue weighted by molar-refractivity contribution is 0.347. The van der Waals surface area contributed by atoms with E-state index in [9.17, 15) is 0 Å². The maximum atomic E-state index is 9.00. The van der Waals surface area contributed by atoms with Crippen molar-refractivity contribution in [2.75, 3.05) is 11.9 Å². The molecule has 1 aliphatic heterocycles. The van der Waals surface area contributed by atoms with E-state index in [-0.39, 0.29) is 11.0 Å². The van der Waals surface area contributed by atoms with Crippen molar-refractivity contribution in [2.24, 2.45) is 0 Å². The van der Waals surface area contributed by atoms with Crippen molar-refractivity contribution in [2.45, 2.75) is 37.5 Å². The molecule has 1 saturated carbocycles. The summed E-state index contributed by atoms with van der Waals surface area (Å²) in [6.45, 7) is 0. The highest BCUT2D eigenvalue weighted by atomic mass is 35.5. The normalized spacial score (nSPS) is 19.7. The number of anilines is 1. The summed E-state index contributed by atoms with van der Waals surface area (Å²) >= 11 is 12.8. The molecule has 3 nitrogen and oxygen atoms in total. The molecule has 24 heavy (non-hydrogen) atoms. The number of benzene rings is 1. The number of fused-ring (bicyclic) bond motifs is 2. The second-order valence-electron chi connectivity index (χ2n) is 6.34. The number of nitriles is 2. The van der Waals surface area contributed by atoms with Gasteiger partial charge in [-0.05, 0) is 42.7 Å². The molecule has 1 aromatic rings. The zero-order valence-electron chi connectivity index (χ0n) is 13.4. The fraction of sp³-hybridized carbons (Fsp3) is 0.368. The van der Waals surface area contributed by atoms with Gasteiger partial charge in [0.1, 0.15) is 17.7 Å². The molecule has 1 fully saturated rings. The summed E-state index contributed by atoms with van der Waals surface area (Å²) in [4.78, 5) is 2.09. The zero-order valence-corrected chi connectivity index (χ0v) is 15.0. The molecule has 0 N–H and O–H groups in total. The van der Waals surface area contributed by atoms with Crippen LogP contribution in [-0.4, -0.2) is 7.05 Å². The summed E-state index contributed by atoms with van der Waals surface area (Å²) in [6, 6.07) is 7.61. The number of hydrogen-bond donors (Lipinski definition) is 0. The third kappa shape index (κ3) is 2.59. The van der Waals surface area contributed by atoms with Crippen LogP contribution in [0.1, 0.15) is 37.7 Å². The van der Waals surface area contributed by atoms with Crippen molar-refractivity contribution in [1.82, 2.24) is 0 Å². The molecule has 1 aromatic carbocycles. The fourth-order valence-electron chi connectivity index (χ4n) is 4.07. The Labute approximate surface area is 152 Å². The molecule has 0 radical (unpaired) electrons. The van der Waals surface area contributed by atoms with Crippen LogP contribution in [0.25, 0.3) is 0 Å². The van der Waals surface area contributed by atoms with Gasteiger partial charge >= 0.3 is 0 Å². The predicted octanol–water partition coefficient (Wildman–Crippen LogP) is 5.50. The smallest absolute Gasteiger partial charge is 0.129 e. The van der Waals surface area contributed by atoms with Gasteiger partial charge in [0.05, 0.1) is 10.7 Å². The molecule has 0 bridgehead atoms. The first-order chi connectivity index (χ1) is 11.5. The van der Waals surface area contributed by atoms with Gasteiger partial charge in [-0.15, -0.1) is 0 Å². The van der Waals surface area contributed by atoms with E-state index in [1.165, 1.54) is 6.42 Å². The van der Waals surface area contributed by atoms with E-state index in [4.69, 9.17) is 33.7 Å². The van der Waals surface area contributed by atoms with E-state index in [1.54, 1.807) is 12.1 Å². The fourth-order valence-corrected chi connectivity index (χ4v) is 4.69. The standard InChI is InChI=1S/C19H17Cl2N3/c1-24-17(6-5-13(11-22)12-23)19(7-3-2-4-8-19)15-9-14(20)10-16(21)18(15)24/h5-6,9-10H,2-4,7-8H2,1H3/b17-6+. The van der Waals surface area contributed by atoms with E-state index >= 15 is 0 Å². The van der Waals surface area contributed by atoms with Gasteiger partial charge < -0.3 is 4.90 Å². The van der Waals surface area contributed by atoms with E-state index in [1.807, 2.05) is 31.3 Å². The van der Waals surface area contributed by atoms with Gasteiger partial charge in [0, 0.05) is 23.2 Å². The van der Waals surface area contributed by atoms with Crippen LogP contribution in [-0.2, 0) is 5.41 Å². The molecule has 122 valence electrons. The van der Waals surface area contributed by atoms with Crippen LogP contribution >= 0.6 is 23.2 Å². The Morgan fingerprint density at radius 3 is 2.46 bits per heavy atom. The van der Waals surface area contributed by atoms with Crippen molar-refractivity contribution >= 4 is 28.9 Å². The van der Waals surface area contributed by atoms with Crippen LogP contribution in [0.5, 0.6) is 0 Å². The summed E-state index contributed by atoms with van der Waals surface area (Å²) in [5.41, 5.74) is 3.20. The second-order valence-corrected chi connectivity index (χ2v) is 7.19. The molecule has 0 atom stereocenters. The Hall–Kier alpha value is -1.94. The average Bonchev–Trinajstić information content (AvgIpc) is 2.78. The summed E-state index contributed by atoms with van der Waals surface area (Å²) in [5, 5.41) is 19.3. The summed E-state index contributed by atoms with van der Waals surface area (Å²) < 4.78 is 0. The molecule has 0 aromatic heterocycles. The number of halogens is 2. The van der Waals surface area contributed by atoms with Crippen molar-refractivity contribution < 1.29 is 0 Å². The highest BCUT2D eigenvalue weighted by Crippen LogP contribution is 2.57.